The molecule has 0 radical (unpaired) electrons. The van der Waals surface area contributed by atoms with E-state index < -0.39 is 5.97 Å². The summed E-state index contributed by atoms with van der Waals surface area (Å²) in [4.78, 5) is 12.1. The molecule has 4 nitrogen and oxygen atoms in total. The number of hydrogen-bond acceptors (Lipinski definition) is 4. The minimum Gasteiger partial charge on any atom is -0.478 e. The van der Waals surface area contributed by atoms with E-state index in [2.05, 4.69) is 0 Å². The van der Waals surface area contributed by atoms with Crippen molar-refractivity contribution in [2.45, 2.75) is 38.9 Å². The van der Waals surface area contributed by atoms with Crippen LogP contribution in [0, 0.1) is 0 Å². The van der Waals surface area contributed by atoms with Crippen molar-refractivity contribution in [1.82, 2.24) is 0 Å². The summed E-state index contributed by atoms with van der Waals surface area (Å²) in [7, 11) is 0. The lowest BCUT2D eigenvalue weighted by Crippen LogP contribution is -2.34. The fourth-order valence-electron chi connectivity index (χ4n) is 1.96. The number of carboxylic acid groups (broad SMARTS) is 1. The molecule has 88 valence electrons. The second-order valence-electron chi connectivity index (χ2n) is 4.32. The largest absolute Gasteiger partial charge is 0.478 e. The molecule has 1 atom stereocenters. The average molecular weight is 241 g/mol. The van der Waals surface area contributed by atoms with Crippen LogP contribution < -0.4 is 5.73 Å². The second kappa shape index (κ2) is 3.75. The third-order valence-electron chi connectivity index (χ3n) is 3.18. The van der Waals surface area contributed by atoms with E-state index in [0.29, 0.717) is 18.0 Å². The lowest BCUT2D eigenvalue weighted by Gasteiger charge is -2.33. The Balaban J connectivity index is 2.47. The maximum atomic E-state index is 11.1. The minimum atomic E-state index is -0.935. The fourth-order valence-corrected chi connectivity index (χ4v) is 2.96. The van der Waals surface area contributed by atoms with E-state index in [1.54, 1.807) is 0 Å². The molecule has 0 saturated heterocycles. The molecule has 5 heteroatoms. The predicted octanol–water partition coefficient (Wildman–Crippen LogP) is 2.27. The van der Waals surface area contributed by atoms with Crippen molar-refractivity contribution in [3.63, 3.8) is 0 Å². The van der Waals surface area contributed by atoms with Gasteiger partial charge in [-0.1, -0.05) is 6.92 Å². The number of aromatic carboxylic acids is 1. The summed E-state index contributed by atoms with van der Waals surface area (Å²) in [5, 5.41) is 9.53. The van der Waals surface area contributed by atoms with E-state index in [4.69, 9.17) is 15.6 Å². The van der Waals surface area contributed by atoms with Crippen molar-refractivity contribution >= 4 is 22.3 Å². The highest BCUT2D eigenvalue weighted by Gasteiger charge is 2.34. The van der Waals surface area contributed by atoms with Gasteiger partial charge in [0.15, 0.2) is 0 Å². The van der Waals surface area contributed by atoms with Gasteiger partial charge in [-0.25, -0.2) is 4.79 Å². The van der Waals surface area contributed by atoms with Gasteiger partial charge in [0.2, 0.25) is 0 Å². The molecule has 2 heterocycles. The van der Waals surface area contributed by atoms with Crippen LogP contribution in [-0.2, 0) is 17.8 Å². The van der Waals surface area contributed by atoms with Crippen LogP contribution >= 0.6 is 11.3 Å². The van der Waals surface area contributed by atoms with Crippen LogP contribution in [0.5, 0.6) is 0 Å². The monoisotopic (exact) mass is 241 g/mol. The summed E-state index contributed by atoms with van der Waals surface area (Å²) in [5.41, 5.74) is 6.62. The number of anilines is 1. The van der Waals surface area contributed by atoms with Gasteiger partial charge >= 0.3 is 5.97 Å². The van der Waals surface area contributed by atoms with Crippen LogP contribution in [0.4, 0.5) is 5.00 Å². The molecule has 0 fully saturated rings. The van der Waals surface area contributed by atoms with Gasteiger partial charge in [0, 0.05) is 11.3 Å². The molecule has 1 aromatic heterocycles. The summed E-state index contributed by atoms with van der Waals surface area (Å²) in [6.07, 6.45) is 1.50. The first-order chi connectivity index (χ1) is 7.47. The normalized spacial score (nSPS) is 24.1. The van der Waals surface area contributed by atoms with Gasteiger partial charge in [-0.15, -0.1) is 11.3 Å². The maximum Gasteiger partial charge on any atom is 0.338 e. The maximum absolute atomic E-state index is 11.1. The zero-order valence-corrected chi connectivity index (χ0v) is 10.2. The molecule has 1 unspecified atom stereocenters. The van der Waals surface area contributed by atoms with Crippen molar-refractivity contribution in [3.8, 4) is 0 Å². The molecular formula is C11H15NO3S. The number of thiophene rings is 1. The molecule has 0 spiro atoms. The zero-order chi connectivity index (χ0) is 11.9. The van der Waals surface area contributed by atoms with Gasteiger partial charge in [0.1, 0.15) is 5.00 Å². The summed E-state index contributed by atoms with van der Waals surface area (Å²) < 4.78 is 5.75. The molecule has 16 heavy (non-hydrogen) atoms. The van der Waals surface area contributed by atoms with Crippen molar-refractivity contribution in [2.75, 3.05) is 5.73 Å². The molecule has 0 bridgehead atoms. The highest BCUT2D eigenvalue weighted by atomic mass is 32.1. The van der Waals surface area contributed by atoms with Crippen LogP contribution in [0.25, 0.3) is 0 Å². The number of nitrogens with two attached hydrogens (primary N) is 1. The van der Waals surface area contributed by atoms with Crippen LogP contribution in [0.15, 0.2) is 0 Å². The first-order valence-corrected chi connectivity index (χ1v) is 6.06. The van der Waals surface area contributed by atoms with Gasteiger partial charge in [-0.05, 0) is 18.9 Å². The van der Waals surface area contributed by atoms with E-state index in [1.165, 1.54) is 11.3 Å². The molecule has 1 aromatic rings. The van der Waals surface area contributed by atoms with Gasteiger partial charge in [-0.3, -0.25) is 0 Å². The standard InChI is InChI=1S/C11H15NO3S/c1-3-11(2)4-6-7(5-15-11)16-9(12)8(6)10(13)14/h3-5,12H2,1-2H3,(H,13,14). The predicted molar refractivity (Wildman–Crippen MR) is 62.9 cm³/mol. The van der Waals surface area contributed by atoms with Crippen molar-refractivity contribution in [2.24, 2.45) is 0 Å². The number of nitrogen functional groups attached to an aromatic ring is 1. The number of carboxylic acids is 1. The van der Waals surface area contributed by atoms with Crippen LogP contribution in [0.2, 0.25) is 0 Å². The van der Waals surface area contributed by atoms with Gasteiger partial charge in [0.25, 0.3) is 0 Å². The summed E-state index contributed by atoms with van der Waals surface area (Å²) in [6.45, 7) is 4.53. The highest BCUT2D eigenvalue weighted by molar-refractivity contribution is 7.16. The van der Waals surface area contributed by atoms with Gasteiger partial charge < -0.3 is 15.6 Å². The topological polar surface area (TPSA) is 72.6 Å². The molecule has 0 aromatic carbocycles. The number of carbonyl (C=O) groups is 1. The third-order valence-corrected chi connectivity index (χ3v) is 4.22. The average Bonchev–Trinajstić information content (AvgIpc) is 2.53. The minimum absolute atomic E-state index is 0.259. The molecule has 1 aliphatic heterocycles. The Kier molecular flexibility index (Phi) is 2.67. The van der Waals surface area contributed by atoms with Gasteiger partial charge in [-0.2, -0.15) is 0 Å². The summed E-state index contributed by atoms with van der Waals surface area (Å²) in [6, 6.07) is 0. The second-order valence-corrected chi connectivity index (χ2v) is 5.45. The van der Waals surface area contributed by atoms with E-state index in [9.17, 15) is 4.79 Å². The molecule has 3 N–H and O–H groups in total. The molecule has 1 aliphatic rings. The Morgan fingerprint density at radius 1 is 1.69 bits per heavy atom. The van der Waals surface area contributed by atoms with Crippen LogP contribution in [0.3, 0.4) is 0 Å². The highest BCUT2D eigenvalue weighted by Crippen LogP contribution is 2.39. The summed E-state index contributed by atoms with van der Waals surface area (Å²) in [5.74, 6) is -0.935. The zero-order valence-electron chi connectivity index (χ0n) is 9.37. The lowest BCUT2D eigenvalue weighted by atomic mass is 9.89. The Hall–Kier alpha value is -1.07. The number of ether oxygens (including phenoxy) is 1. The van der Waals surface area contributed by atoms with Crippen LogP contribution in [-0.4, -0.2) is 16.7 Å². The SMILES string of the molecule is CCC1(C)Cc2c(sc(N)c2C(=O)O)CO1. The number of rotatable bonds is 2. The van der Waals surface area contributed by atoms with E-state index >= 15 is 0 Å². The first-order valence-electron chi connectivity index (χ1n) is 5.24. The van der Waals surface area contributed by atoms with E-state index in [-0.39, 0.29) is 11.2 Å². The third kappa shape index (κ3) is 1.70. The fraction of sp³-hybridized carbons (Fsp3) is 0.545. The summed E-state index contributed by atoms with van der Waals surface area (Å²) >= 11 is 1.33. The van der Waals surface area contributed by atoms with Crippen molar-refractivity contribution in [1.29, 1.82) is 0 Å². The molecule has 0 saturated carbocycles. The number of hydrogen-bond donors (Lipinski definition) is 2. The Labute approximate surface area is 98.0 Å². The number of fused-ring (bicyclic) bond motifs is 1. The lowest BCUT2D eigenvalue weighted by molar-refractivity contribution is -0.0547. The molecule has 2 rings (SSSR count). The smallest absolute Gasteiger partial charge is 0.338 e. The molecule has 0 aliphatic carbocycles. The Bertz CT molecular complexity index is 441. The Morgan fingerprint density at radius 2 is 2.38 bits per heavy atom. The van der Waals surface area contributed by atoms with Crippen molar-refractivity contribution < 1.29 is 14.6 Å². The van der Waals surface area contributed by atoms with Crippen molar-refractivity contribution in [3.05, 3.63) is 16.0 Å². The first kappa shape index (κ1) is 11.4. The quantitative estimate of drug-likeness (QED) is 0.833. The molecule has 0 amide bonds. The molecular weight excluding hydrogens is 226 g/mol. The van der Waals surface area contributed by atoms with E-state index in [1.807, 2.05) is 13.8 Å². The Morgan fingerprint density at radius 3 is 2.94 bits per heavy atom. The van der Waals surface area contributed by atoms with E-state index in [0.717, 1.165) is 16.9 Å². The van der Waals surface area contributed by atoms with Gasteiger partial charge in [0.05, 0.1) is 17.8 Å². The van der Waals surface area contributed by atoms with Crippen LogP contribution in [0.1, 0.15) is 41.1 Å².